The van der Waals surface area contributed by atoms with E-state index in [1.165, 1.54) is 48.7 Å². The van der Waals surface area contributed by atoms with Gasteiger partial charge < -0.3 is 9.57 Å². The van der Waals surface area contributed by atoms with Gasteiger partial charge in [0, 0.05) is 6.07 Å². The van der Waals surface area contributed by atoms with Crippen LogP contribution in [0.1, 0.15) is 31.2 Å². The van der Waals surface area contributed by atoms with Crippen molar-refractivity contribution in [2.75, 3.05) is 0 Å². The molecule has 0 saturated heterocycles. The highest BCUT2D eigenvalue weighted by Gasteiger charge is 2.38. The summed E-state index contributed by atoms with van der Waals surface area (Å²) >= 11 is 0. The Morgan fingerprint density at radius 1 is 0.893 bits per heavy atom. The highest BCUT2D eigenvalue weighted by molar-refractivity contribution is 6.21. The van der Waals surface area contributed by atoms with Gasteiger partial charge in [0.05, 0.1) is 17.3 Å². The zero-order valence-corrected chi connectivity index (χ0v) is 14.2. The zero-order chi connectivity index (χ0) is 19.7. The van der Waals surface area contributed by atoms with Gasteiger partial charge in [-0.3, -0.25) is 9.59 Å². The third-order valence-electron chi connectivity index (χ3n) is 3.91. The summed E-state index contributed by atoms with van der Waals surface area (Å²) in [4.78, 5) is 45.5. The fourth-order valence-electron chi connectivity index (χ4n) is 2.61. The molecule has 28 heavy (non-hydrogen) atoms. The molecule has 2 heterocycles. The molecule has 0 aliphatic carbocycles. The van der Waals surface area contributed by atoms with Gasteiger partial charge in [0.15, 0.2) is 5.69 Å². The number of amides is 2. The molecule has 1 aromatic heterocycles. The highest BCUT2D eigenvalue weighted by Crippen LogP contribution is 2.24. The number of imide groups is 1. The maximum Gasteiger partial charge on any atom is 0.382 e. The molecule has 1 aliphatic rings. The summed E-state index contributed by atoms with van der Waals surface area (Å²) < 4.78 is 18.6. The van der Waals surface area contributed by atoms with Crippen LogP contribution in [0.2, 0.25) is 0 Å². The molecule has 138 valence electrons. The van der Waals surface area contributed by atoms with Gasteiger partial charge in [0.25, 0.3) is 11.8 Å². The number of hydroxylamine groups is 2. The van der Waals surface area contributed by atoms with Gasteiger partial charge in [0.2, 0.25) is 0 Å². The first-order valence-electron chi connectivity index (χ1n) is 8.12. The van der Waals surface area contributed by atoms with Gasteiger partial charge >= 0.3 is 5.97 Å². The first-order valence-corrected chi connectivity index (χ1v) is 8.12. The van der Waals surface area contributed by atoms with Crippen LogP contribution in [0.25, 0.3) is 0 Å². The Balaban J connectivity index is 1.46. The van der Waals surface area contributed by atoms with Crippen LogP contribution >= 0.6 is 0 Å². The Morgan fingerprint density at radius 2 is 1.61 bits per heavy atom. The number of aromatic nitrogens is 1. The van der Waals surface area contributed by atoms with Gasteiger partial charge in [-0.15, -0.1) is 0 Å². The van der Waals surface area contributed by atoms with Crippen molar-refractivity contribution >= 4 is 17.8 Å². The normalized spacial score (nSPS) is 12.7. The molecule has 0 fully saturated rings. The molecule has 0 atom stereocenters. The van der Waals surface area contributed by atoms with E-state index in [4.69, 9.17) is 9.57 Å². The molecule has 0 saturated carbocycles. The topological polar surface area (TPSA) is 85.8 Å². The predicted octanol–water partition coefficient (Wildman–Crippen LogP) is 3.38. The third-order valence-corrected chi connectivity index (χ3v) is 3.91. The lowest BCUT2D eigenvalue weighted by Gasteiger charge is -2.12. The van der Waals surface area contributed by atoms with Crippen LogP contribution in [0.3, 0.4) is 0 Å². The second-order valence-corrected chi connectivity index (χ2v) is 5.77. The summed E-state index contributed by atoms with van der Waals surface area (Å²) in [6, 6.07) is 14.4. The average Bonchev–Trinajstić information content (AvgIpc) is 2.94. The van der Waals surface area contributed by atoms with Crippen molar-refractivity contribution in [1.82, 2.24) is 10.0 Å². The molecule has 8 heteroatoms. The Hall–Kier alpha value is -4.07. The van der Waals surface area contributed by atoms with Crippen molar-refractivity contribution in [3.8, 4) is 11.5 Å². The van der Waals surface area contributed by atoms with Crippen LogP contribution in [0.5, 0.6) is 11.5 Å². The molecule has 3 aromatic rings. The Bertz CT molecular complexity index is 1060. The number of rotatable bonds is 4. The van der Waals surface area contributed by atoms with Gasteiger partial charge in [-0.25, -0.2) is 14.2 Å². The Kier molecular flexibility index (Phi) is 4.29. The number of pyridine rings is 1. The molecular formula is C20H11FN2O5. The van der Waals surface area contributed by atoms with Crippen LogP contribution in [0.4, 0.5) is 4.39 Å². The molecular weight excluding hydrogens is 367 g/mol. The zero-order valence-electron chi connectivity index (χ0n) is 14.2. The van der Waals surface area contributed by atoms with Gasteiger partial charge in [0.1, 0.15) is 17.3 Å². The Labute approximate surface area is 157 Å². The van der Waals surface area contributed by atoms with E-state index in [-0.39, 0.29) is 28.3 Å². The second kappa shape index (κ2) is 6.92. The standard InChI is InChI=1S/C20H11FN2O5/c21-12-4-3-5-13(10-12)27-14-8-9-17(22-11-14)20(26)28-23-18(24)15-6-1-2-7-16(15)19(23)25/h1-11H. The van der Waals surface area contributed by atoms with E-state index in [1.54, 1.807) is 18.2 Å². The summed E-state index contributed by atoms with van der Waals surface area (Å²) in [5.41, 5.74) is 0.183. The van der Waals surface area contributed by atoms with E-state index >= 15 is 0 Å². The minimum Gasteiger partial charge on any atom is -0.456 e. The molecule has 2 aromatic carbocycles. The van der Waals surface area contributed by atoms with Gasteiger partial charge in [-0.2, -0.15) is 0 Å². The van der Waals surface area contributed by atoms with Crippen molar-refractivity contribution in [3.05, 3.63) is 89.5 Å². The lowest BCUT2D eigenvalue weighted by atomic mass is 10.1. The van der Waals surface area contributed by atoms with Crippen LogP contribution in [0, 0.1) is 5.82 Å². The molecule has 0 unspecified atom stereocenters. The predicted molar refractivity (Wildman–Crippen MR) is 93.1 cm³/mol. The fraction of sp³-hybridized carbons (Fsp3) is 0. The summed E-state index contributed by atoms with van der Waals surface area (Å²) in [7, 11) is 0. The largest absolute Gasteiger partial charge is 0.456 e. The highest BCUT2D eigenvalue weighted by atomic mass is 19.1. The summed E-state index contributed by atoms with van der Waals surface area (Å²) in [6.45, 7) is 0. The number of ether oxygens (including phenoxy) is 1. The van der Waals surface area contributed by atoms with Gasteiger partial charge in [-0.1, -0.05) is 23.3 Å². The molecule has 0 spiro atoms. The number of carbonyl (C=O) groups is 3. The fourth-order valence-corrected chi connectivity index (χ4v) is 2.61. The molecule has 0 N–H and O–H groups in total. The molecule has 7 nitrogen and oxygen atoms in total. The third kappa shape index (κ3) is 3.18. The number of carbonyl (C=O) groups excluding carboxylic acids is 3. The summed E-state index contributed by atoms with van der Waals surface area (Å²) in [6.07, 6.45) is 1.24. The molecule has 4 rings (SSSR count). The minimum atomic E-state index is -0.980. The van der Waals surface area contributed by atoms with Crippen molar-refractivity contribution in [2.45, 2.75) is 0 Å². The molecule has 0 radical (unpaired) electrons. The number of nitrogens with zero attached hydrogens (tertiary/aromatic N) is 2. The number of benzene rings is 2. The molecule has 0 bridgehead atoms. The van der Waals surface area contributed by atoms with Crippen molar-refractivity contribution in [1.29, 1.82) is 0 Å². The van der Waals surface area contributed by atoms with Crippen LogP contribution in [-0.4, -0.2) is 27.8 Å². The lowest BCUT2D eigenvalue weighted by molar-refractivity contribution is -0.0588. The van der Waals surface area contributed by atoms with E-state index in [1.807, 2.05) is 0 Å². The van der Waals surface area contributed by atoms with Crippen molar-refractivity contribution < 1.29 is 28.3 Å². The Morgan fingerprint density at radius 3 is 2.21 bits per heavy atom. The second-order valence-electron chi connectivity index (χ2n) is 5.77. The first-order chi connectivity index (χ1) is 13.5. The molecule has 2 amide bonds. The SMILES string of the molecule is O=C(ON1C(=O)c2ccccc2C1=O)c1ccc(Oc2cccc(F)c2)cn1. The van der Waals surface area contributed by atoms with E-state index in [2.05, 4.69) is 4.98 Å². The first kappa shape index (κ1) is 17.3. The number of fused-ring (bicyclic) bond motifs is 1. The summed E-state index contributed by atoms with van der Waals surface area (Å²) in [5.74, 6) is -2.34. The minimum absolute atomic E-state index is 0.136. The maximum absolute atomic E-state index is 13.2. The van der Waals surface area contributed by atoms with E-state index in [0.717, 1.165) is 0 Å². The van der Waals surface area contributed by atoms with Crippen LogP contribution in [-0.2, 0) is 4.84 Å². The van der Waals surface area contributed by atoms with E-state index < -0.39 is 23.6 Å². The average molecular weight is 378 g/mol. The van der Waals surface area contributed by atoms with E-state index in [0.29, 0.717) is 5.06 Å². The smallest absolute Gasteiger partial charge is 0.382 e. The van der Waals surface area contributed by atoms with Gasteiger partial charge in [-0.05, 0) is 36.4 Å². The van der Waals surface area contributed by atoms with E-state index in [9.17, 15) is 18.8 Å². The number of hydrogen-bond acceptors (Lipinski definition) is 6. The van der Waals surface area contributed by atoms with Crippen molar-refractivity contribution in [3.63, 3.8) is 0 Å². The quantitative estimate of drug-likeness (QED) is 0.647. The lowest BCUT2D eigenvalue weighted by Crippen LogP contribution is -2.32. The van der Waals surface area contributed by atoms with Crippen LogP contribution in [0.15, 0.2) is 66.9 Å². The maximum atomic E-state index is 13.2. The molecule has 1 aliphatic heterocycles. The number of halogens is 1. The van der Waals surface area contributed by atoms with Crippen molar-refractivity contribution in [2.24, 2.45) is 0 Å². The van der Waals surface area contributed by atoms with Crippen LogP contribution < -0.4 is 4.74 Å². The number of hydrogen-bond donors (Lipinski definition) is 0. The summed E-state index contributed by atoms with van der Waals surface area (Å²) in [5, 5.41) is 0.409. The monoisotopic (exact) mass is 378 g/mol.